The minimum atomic E-state index is 0.840. The fraction of sp³-hybridized carbons (Fsp3) is 0.462. The first-order valence-electron chi connectivity index (χ1n) is 5.83. The Labute approximate surface area is 98.2 Å². The van der Waals surface area contributed by atoms with E-state index < -0.39 is 0 Å². The van der Waals surface area contributed by atoms with Crippen molar-refractivity contribution in [1.82, 2.24) is 10.3 Å². The van der Waals surface area contributed by atoms with Crippen molar-refractivity contribution in [3.8, 4) is 0 Å². The van der Waals surface area contributed by atoms with Crippen LogP contribution in [0, 0.1) is 0 Å². The van der Waals surface area contributed by atoms with Gasteiger partial charge in [-0.1, -0.05) is 19.1 Å². The zero-order valence-electron chi connectivity index (χ0n) is 10.2. The fourth-order valence-electron chi connectivity index (χ4n) is 1.63. The normalized spacial score (nSPS) is 10.1. The maximum absolute atomic E-state index is 4.46. The Morgan fingerprint density at radius 1 is 1.50 bits per heavy atom. The summed E-state index contributed by atoms with van der Waals surface area (Å²) in [4.78, 5) is 6.68. The van der Waals surface area contributed by atoms with Gasteiger partial charge in [-0.2, -0.15) is 0 Å². The molecule has 0 aliphatic carbocycles. The molecular formula is C13H21N3. The molecule has 1 rings (SSSR count). The van der Waals surface area contributed by atoms with Gasteiger partial charge in [0.1, 0.15) is 5.82 Å². The van der Waals surface area contributed by atoms with Crippen LogP contribution in [0.5, 0.6) is 0 Å². The Morgan fingerprint density at radius 3 is 2.94 bits per heavy atom. The van der Waals surface area contributed by atoms with Crippen LogP contribution in [0.1, 0.15) is 19.4 Å². The molecule has 0 unspecified atom stereocenters. The van der Waals surface area contributed by atoms with E-state index in [1.54, 1.807) is 0 Å². The van der Waals surface area contributed by atoms with Gasteiger partial charge >= 0.3 is 0 Å². The first kappa shape index (κ1) is 12.7. The van der Waals surface area contributed by atoms with Crippen molar-refractivity contribution >= 4 is 5.82 Å². The highest BCUT2D eigenvalue weighted by molar-refractivity contribution is 5.47. The van der Waals surface area contributed by atoms with Crippen LogP contribution in [0.2, 0.25) is 0 Å². The lowest BCUT2D eigenvalue weighted by Gasteiger charge is -2.22. The summed E-state index contributed by atoms with van der Waals surface area (Å²) in [6.07, 6.45) is 3.76. The van der Waals surface area contributed by atoms with Gasteiger partial charge in [-0.3, -0.25) is 0 Å². The Balaban J connectivity index is 2.86. The van der Waals surface area contributed by atoms with E-state index in [1.165, 1.54) is 5.56 Å². The number of hydrogen-bond donors (Lipinski definition) is 1. The van der Waals surface area contributed by atoms with E-state index in [-0.39, 0.29) is 0 Å². The predicted octanol–water partition coefficient (Wildman–Crippen LogP) is 2.20. The summed E-state index contributed by atoms with van der Waals surface area (Å²) < 4.78 is 0. The van der Waals surface area contributed by atoms with Crippen LogP contribution >= 0.6 is 0 Å². The van der Waals surface area contributed by atoms with Crippen LogP contribution in [0.25, 0.3) is 0 Å². The highest BCUT2D eigenvalue weighted by atomic mass is 15.2. The third-order valence-corrected chi connectivity index (χ3v) is 2.46. The quantitative estimate of drug-likeness (QED) is 0.713. The zero-order valence-corrected chi connectivity index (χ0v) is 10.2. The van der Waals surface area contributed by atoms with E-state index in [4.69, 9.17) is 0 Å². The molecule has 0 saturated carbocycles. The van der Waals surface area contributed by atoms with Crippen molar-refractivity contribution in [2.75, 3.05) is 24.5 Å². The SMILES string of the molecule is C=CCN(CC)c1ncccc1CNCC. The number of nitrogens with zero attached hydrogens (tertiary/aromatic N) is 2. The number of pyridine rings is 1. The number of hydrogen-bond acceptors (Lipinski definition) is 3. The number of aromatic nitrogens is 1. The Morgan fingerprint density at radius 2 is 2.31 bits per heavy atom. The maximum Gasteiger partial charge on any atom is 0.133 e. The van der Waals surface area contributed by atoms with Gasteiger partial charge in [-0.15, -0.1) is 6.58 Å². The Bertz CT molecular complexity index is 323. The minimum absolute atomic E-state index is 0.840. The van der Waals surface area contributed by atoms with Crippen molar-refractivity contribution in [3.63, 3.8) is 0 Å². The lowest BCUT2D eigenvalue weighted by Crippen LogP contribution is -2.26. The lowest BCUT2D eigenvalue weighted by atomic mass is 10.2. The Kier molecular flexibility index (Phi) is 5.57. The molecule has 0 spiro atoms. The summed E-state index contributed by atoms with van der Waals surface area (Å²) >= 11 is 0. The summed E-state index contributed by atoms with van der Waals surface area (Å²) in [5.41, 5.74) is 1.24. The maximum atomic E-state index is 4.46. The molecular weight excluding hydrogens is 198 g/mol. The van der Waals surface area contributed by atoms with Gasteiger partial charge in [0, 0.05) is 31.4 Å². The van der Waals surface area contributed by atoms with Crippen molar-refractivity contribution in [2.24, 2.45) is 0 Å². The molecule has 0 amide bonds. The van der Waals surface area contributed by atoms with E-state index in [0.29, 0.717) is 0 Å². The second-order valence-electron chi connectivity index (χ2n) is 3.59. The van der Waals surface area contributed by atoms with Crippen LogP contribution in [0.3, 0.4) is 0 Å². The summed E-state index contributed by atoms with van der Waals surface area (Å²) in [6, 6.07) is 4.11. The molecule has 3 nitrogen and oxygen atoms in total. The molecule has 0 atom stereocenters. The van der Waals surface area contributed by atoms with Gasteiger partial charge in [-0.25, -0.2) is 4.98 Å². The first-order valence-corrected chi connectivity index (χ1v) is 5.83. The summed E-state index contributed by atoms with van der Waals surface area (Å²) in [7, 11) is 0. The lowest BCUT2D eigenvalue weighted by molar-refractivity contribution is 0.718. The summed E-state index contributed by atoms with van der Waals surface area (Å²) in [6.45, 7) is 11.7. The number of rotatable bonds is 7. The molecule has 1 aromatic heterocycles. The fourth-order valence-corrected chi connectivity index (χ4v) is 1.63. The number of nitrogens with one attached hydrogen (secondary N) is 1. The van der Waals surface area contributed by atoms with Crippen molar-refractivity contribution < 1.29 is 0 Å². The monoisotopic (exact) mass is 219 g/mol. The molecule has 0 fully saturated rings. The molecule has 0 bridgehead atoms. The molecule has 0 aliphatic heterocycles. The molecule has 16 heavy (non-hydrogen) atoms. The molecule has 3 heteroatoms. The van der Waals surface area contributed by atoms with Crippen molar-refractivity contribution in [2.45, 2.75) is 20.4 Å². The van der Waals surface area contributed by atoms with Gasteiger partial charge in [0.15, 0.2) is 0 Å². The summed E-state index contributed by atoms with van der Waals surface area (Å²) in [5.74, 6) is 1.06. The van der Waals surface area contributed by atoms with Gasteiger partial charge in [0.2, 0.25) is 0 Å². The van der Waals surface area contributed by atoms with E-state index in [9.17, 15) is 0 Å². The topological polar surface area (TPSA) is 28.2 Å². The molecule has 0 radical (unpaired) electrons. The van der Waals surface area contributed by atoms with Gasteiger partial charge in [-0.05, 0) is 19.5 Å². The first-order chi connectivity index (χ1) is 7.83. The van der Waals surface area contributed by atoms with Crippen LogP contribution in [-0.4, -0.2) is 24.6 Å². The van der Waals surface area contributed by atoms with Crippen LogP contribution in [0.15, 0.2) is 31.0 Å². The molecule has 0 aromatic carbocycles. The van der Waals surface area contributed by atoms with Crippen molar-refractivity contribution in [1.29, 1.82) is 0 Å². The molecule has 0 saturated heterocycles. The average Bonchev–Trinajstić information content (AvgIpc) is 2.34. The van der Waals surface area contributed by atoms with E-state index in [0.717, 1.165) is 32.0 Å². The minimum Gasteiger partial charge on any atom is -0.353 e. The van der Waals surface area contributed by atoms with Crippen molar-refractivity contribution in [3.05, 3.63) is 36.5 Å². The van der Waals surface area contributed by atoms with Crippen LogP contribution < -0.4 is 10.2 Å². The van der Waals surface area contributed by atoms with E-state index >= 15 is 0 Å². The smallest absolute Gasteiger partial charge is 0.133 e. The molecule has 88 valence electrons. The third-order valence-electron chi connectivity index (χ3n) is 2.46. The molecule has 1 heterocycles. The van der Waals surface area contributed by atoms with Gasteiger partial charge in [0.05, 0.1) is 0 Å². The highest BCUT2D eigenvalue weighted by Gasteiger charge is 2.08. The summed E-state index contributed by atoms with van der Waals surface area (Å²) in [5, 5.41) is 3.33. The standard InChI is InChI=1S/C13H21N3/c1-4-10-16(6-3)13-12(11-14-5-2)8-7-9-15-13/h4,7-9,14H,1,5-6,10-11H2,2-3H3. The second kappa shape index (κ2) is 7.01. The third kappa shape index (κ3) is 3.35. The molecule has 0 aliphatic rings. The van der Waals surface area contributed by atoms with Gasteiger partial charge in [0.25, 0.3) is 0 Å². The molecule has 1 N–H and O–H groups in total. The Hall–Kier alpha value is -1.35. The highest BCUT2D eigenvalue weighted by Crippen LogP contribution is 2.16. The van der Waals surface area contributed by atoms with Gasteiger partial charge < -0.3 is 10.2 Å². The average molecular weight is 219 g/mol. The zero-order chi connectivity index (χ0) is 11.8. The second-order valence-corrected chi connectivity index (χ2v) is 3.59. The predicted molar refractivity (Wildman–Crippen MR) is 69.7 cm³/mol. The molecule has 1 aromatic rings. The van der Waals surface area contributed by atoms with E-state index in [1.807, 2.05) is 18.3 Å². The largest absolute Gasteiger partial charge is 0.353 e. The number of anilines is 1. The van der Waals surface area contributed by atoms with E-state index in [2.05, 4.69) is 41.7 Å². The number of likely N-dealkylation sites (N-methyl/N-ethyl adjacent to an activating group) is 1. The van der Waals surface area contributed by atoms with Crippen LogP contribution in [0.4, 0.5) is 5.82 Å². The van der Waals surface area contributed by atoms with Crippen LogP contribution in [-0.2, 0) is 6.54 Å².